The number of aryl methyl sites for hydroxylation is 1. The van der Waals surface area contributed by atoms with E-state index in [4.69, 9.17) is 10.5 Å². The molecule has 0 spiro atoms. The molecule has 2 N–H and O–H groups in total. The zero-order valence-electron chi connectivity index (χ0n) is 11.2. The molecular weight excluding hydrogens is 238 g/mol. The first-order chi connectivity index (χ1) is 9.19. The van der Waals surface area contributed by atoms with Crippen molar-refractivity contribution in [3.05, 3.63) is 46.9 Å². The average molecular weight is 255 g/mol. The molecule has 98 valence electrons. The van der Waals surface area contributed by atoms with Crippen LogP contribution in [0.3, 0.4) is 0 Å². The van der Waals surface area contributed by atoms with Crippen LogP contribution in [0.4, 0.5) is 5.82 Å². The van der Waals surface area contributed by atoms with Gasteiger partial charge in [-0.25, -0.2) is 9.97 Å². The highest BCUT2D eigenvalue weighted by molar-refractivity contribution is 5.43. The van der Waals surface area contributed by atoms with Crippen LogP contribution in [0.5, 0.6) is 5.75 Å². The zero-order chi connectivity index (χ0) is 13.4. The van der Waals surface area contributed by atoms with E-state index in [9.17, 15) is 0 Å². The summed E-state index contributed by atoms with van der Waals surface area (Å²) in [4.78, 5) is 8.97. The highest BCUT2D eigenvalue weighted by Crippen LogP contribution is 2.35. The lowest BCUT2D eigenvalue weighted by atomic mass is 10.1. The number of nitrogens with two attached hydrogens (primary N) is 1. The van der Waals surface area contributed by atoms with E-state index < -0.39 is 0 Å². The summed E-state index contributed by atoms with van der Waals surface area (Å²) in [6.07, 6.45) is 1.54. The van der Waals surface area contributed by atoms with Crippen molar-refractivity contribution in [2.75, 3.05) is 5.73 Å². The summed E-state index contributed by atoms with van der Waals surface area (Å²) < 4.78 is 5.90. The molecule has 19 heavy (non-hydrogen) atoms. The third-order valence-electron chi connectivity index (χ3n) is 3.55. The Morgan fingerprint density at radius 2 is 2.11 bits per heavy atom. The Labute approximate surface area is 112 Å². The van der Waals surface area contributed by atoms with Crippen molar-refractivity contribution in [2.45, 2.75) is 32.8 Å². The van der Waals surface area contributed by atoms with Crippen LogP contribution in [-0.4, -0.2) is 9.97 Å². The second-order valence-corrected chi connectivity index (χ2v) is 4.80. The van der Waals surface area contributed by atoms with E-state index in [1.165, 1.54) is 5.56 Å². The van der Waals surface area contributed by atoms with Gasteiger partial charge in [-0.2, -0.15) is 0 Å². The third kappa shape index (κ3) is 2.03. The minimum absolute atomic E-state index is 0.121. The number of fused-ring (bicyclic) bond motifs is 1. The molecular formula is C15H17N3O. The lowest BCUT2D eigenvalue weighted by Gasteiger charge is -2.13. The molecule has 1 aliphatic heterocycles. The van der Waals surface area contributed by atoms with Crippen molar-refractivity contribution < 1.29 is 4.74 Å². The van der Waals surface area contributed by atoms with Crippen molar-refractivity contribution in [3.8, 4) is 5.75 Å². The van der Waals surface area contributed by atoms with Gasteiger partial charge in [0.25, 0.3) is 0 Å². The molecule has 0 saturated carbocycles. The Kier molecular flexibility index (Phi) is 2.85. The van der Waals surface area contributed by atoms with E-state index in [-0.39, 0.29) is 6.10 Å². The Balaban J connectivity index is 1.94. The monoisotopic (exact) mass is 255 g/mol. The fourth-order valence-corrected chi connectivity index (χ4v) is 2.55. The fraction of sp³-hybridized carbons (Fsp3) is 0.333. The van der Waals surface area contributed by atoms with Crippen LogP contribution < -0.4 is 10.5 Å². The van der Waals surface area contributed by atoms with E-state index in [1.807, 2.05) is 25.1 Å². The van der Waals surface area contributed by atoms with Gasteiger partial charge in [-0.1, -0.05) is 25.1 Å². The predicted molar refractivity (Wildman–Crippen MR) is 74.1 cm³/mol. The topological polar surface area (TPSA) is 61.0 Å². The van der Waals surface area contributed by atoms with Gasteiger partial charge >= 0.3 is 0 Å². The van der Waals surface area contributed by atoms with Crippen molar-refractivity contribution in [3.63, 3.8) is 0 Å². The molecule has 1 aromatic carbocycles. The number of aromatic nitrogens is 2. The summed E-state index contributed by atoms with van der Waals surface area (Å²) in [5.74, 6) is 2.18. The number of nitrogen functional groups attached to an aromatic ring is 1. The van der Waals surface area contributed by atoms with Gasteiger partial charge in [0.15, 0.2) is 11.9 Å². The van der Waals surface area contributed by atoms with E-state index >= 15 is 0 Å². The number of para-hydroxylation sites is 1. The van der Waals surface area contributed by atoms with Crippen LogP contribution in [0.2, 0.25) is 0 Å². The lowest BCUT2D eigenvalue weighted by molar-refractivity contribution is 0.227. The van der Waals surface area contributed by atoms with E-state index in [0.29, 0.717) is 11.6 Å². The number of ether oxygens (including phenoxy) is 1. The van der Waals surface area contributed by atoms with Gasteiger partial charge in [0.05, 0.1) is 0 Å². The molecule has 0 aliphatic carbocycles. The van der Waals surface area contributed by atoms with E-state index in [0.717, 1.165) is 29.8 Å². The number of benzene rings is 1. The molecule has 4 heteroatoms. The largest absolute Gasteiger partial charge is 0.482 e. The predicted octanol–water partition coefficient (Wildman–Crippen LogP) is 2.61. The minimum Gasteiger partial charge on any atom is -0.482 e. The van der Waals surface area contributed by atoms with Crippen LogP contribution in [0, 0.1) is 6.92 Å². The Morgan fingerprint density at radius 1 is 1.32 bits per heavy atom. The molecule has 0 amide bonds. The summed E-state index contributed by atoms with van der Waals surface area (Å²) in [6, 6.07) is 8.05. The van der Waals surface area contributed by atoms with Crippen molar-refractivity contribution >= 4 is 5.82 Å². The van der Waals surface area contributed by atoms with Gasteiger partial charge in [0.1, 0.15) is 11.6 Å². The molecule has 0 fully saturated rings. The maximum atomic E-state index is 6.00. The van der Waals surface area contributed by atoms with E-state index in [1.54, 1.807) is 0 Å². The smallest absolute Gasteiger partial charge is 0.172 e. The normalized spacial score (nSPS) is 17.1. The highest BCUT2D eigenvalue weighted by Gasteiger charge is 2.27. The first-order valence-corrected chi connectivity index (χ1v) is 6.56. The van der Waals surface area contributed by atoms with Gasteiger partial charge in [-0.05, 0) is 25.0 Å². The highest BCUT2D eigenvalue weighted by atomic mass is 16.5. The lowest BCUT2D eigenvalue weighted by Crippen LogP contribution is -2.13. The summed E-state index contributed by atoms with van der Waals surface area (Å²) in [7, 11) is 0. The summed E-state index contributed by atoms with van der Waals surface area (Å²) >= 11 is 0. The molecule has 1 unspecified atom stereocenters. The van der Waals surface area contributed by atoms with Crippen LogP contribution in [0.25, 0.3) is 0 Å². The fourth-order valence-electron chi connectivity index (χ4n) is 2.55. The standard InChI is InChI=1S/C15H17N3O/c1-3-11-9(2)17-15(18-14(11)16)13-8-10-6-4-5-7-12(10)19-13/h4-7,13H,3,8H2,1-2H3,(H2,16,17,18). The third-order valence-corrected chi connectivity index (χ3v) is 3.55. The van der Waals surface area contributed by atoms with Gasteiger partial charge in [-0.15, -0.1) is 0 Å². The molecule has 3 rings (SSSR count). The molecule has 1 aliphatic rings. The molecule has 1 atom stereocenters. The zero-order valence-corrected chi connectivity index (χ0v) is 11.2. The molecule has 0 bridgehead atoms. The van der Waals surface area contributed by atoms with E-state index in [2.05, 4.69) is 23.0 Å². The molecule has 0 radical (unpaired) electrons. The number of anilines is 1. The number of rotatable bonds is 2. The van der Waals surface area contributed by atoms with Crippen molar-refractivity contribution in [1.82, 2.24) is 9.97 Å². The van der Waals surface area contributed by atoms with Gasteiger partial charge in [0, 0.05) is 17.7 Å². The van der Waals surface area contributed by atoms with Crippen molar-refractivity contribution in [2.24, 2.45) is 0 Å². The average Bonchev–Trinajstić information content (AvgIpc) is 2.82. The summed E-state index contributed by atoms with van der Waals surface area (Å²) in [5.41, 5.74) is 9.18. The maximum absolute atomic E-state index is 6.00. The van der Waals surface area contributed by atoms with Gasteiger partial charge in [-0.3, -0.25) is 0 Å². The van der Waals surface area contributed by atoms with Gasteiger partial charge < -0.3 is 10.5 Å². The molecule has 0 saturated heterocycles. The second-order valence-electron chi connectivity index (χ2n) is 4.80. The minimum atomic E-state index is -0.121. The molecule has 4 nitrogen and oxygen atoms in total. The number of hydrogen-bond donors (Lipinski definition) is 1. The summed E-state index contributed by atoms with van der Waals surface area (Å²) in [6.45, 7) is 4.03. The first-order valence-electron chi connectivity index (χ1n) is 6.56. The second kappa shape index (κ2) is 4.53. The molecule has 2 aromatic rings. The van der Waals surface area contributed by atoms with Crippen LogP contribution in [0.1, 0.15) is 35.7 Å². The number of hydrogen-bond acceptors (Lipinski definition) is 4. The SMILES string of the molecule is CCc1c(C)nc(C2Cc3ccccc3O2)nc1N. The van der Waals surface area contributed by atoms with Gasteiger partial charge in [0.2, 0.25) is 0 Å². The Hall–Kier alpha value is -2.10. The van der Waals surface area contributed by atoms with Crippen LogP contribution >= 0.6 is 0 Å². The Morgan fingerprint density at radius 3 is 2.79 bits per heavy atom. The maximum Gasteiger partial charge on any atom is 0.172 e. The Bertz CT molecular complexity index is 577. The van der Waals surface area contributed by atoms with Crippen LogP contribution in [-0.2, 0) is 12.8 Å². The molecule has 2 heterocycles. The number of nitrogens with zero attached hydrogens (tertiary/aromatic N) is 2. The van der Waals surface area contributed by atoms with Crippen molar-refractivity contribution in [1.29, 1.82) is 0 Å². The quantitative estimate of drug-likeness (QED) is 0.896. The van der Waals surface area contributed by atoms with Crippen LogP contribution in [0.15, 0.2) is 24.3 Å². The molecule has 1 aromatic heterocycles. The summed E-state index contributed by atoms with van der Waals surface area (Å²) in [5, 5.41) is 0. The first kappa shape index (κ1) is 12.0.